The van der Waals surface area contributed by atoms with Gasteiger partial charge in [0.2, 0.25) is 5.91 Å². The second kappa shape index (κ2) is 4.37. The van der Waals surface area contributed by atoms with Crippen LogP contribution in [0.5, 0.6) is 0 Å². The molecule has 0 bridgehead atoms. The van der Waals surface area contributed by atoms with Crippen molar-refractivity contribution in [3.63, 3.8) is 0 Å². The summed E-state index contributed by atoms with van der Waals surface area (Å²) in [6.45, 7) is 3.79. The molecule has 1 heterocycles. The summed E-state index contributed by atoms with van der Waals surface area (Å²) in [5.41, 5.74) is 4.86. The summed E-state index contributed by atoms with van der Waals surface area (Å²) < 4.78 is 5.96. The van der Waals surface area contributed by atoms with Gasteiger partial charge in [-0.05, 0) is 41.9 Å². The van der Waals surface area contributed by atoms with Crippen LogP contribution in [-0.4, -0.2) is 23.4 Å². The first kappa shape index (κ1) is 12.3. The van der Waals surface area contributed by atoms with Crippen molar-refractivity contribution in [2.45, 2.75) is 25.9 Å². The second-order valence-corrected chi connectivity index (χ2v) is 4.87. The Labute approximate surface area is 97.5 Å². The summed E-state index contributed by atoms with van der Waals surface area (Å²) in [5, 5.41) is 0. The van der Waals surface area contributed by atoms with E-state index in [0.29, 0.717) is 11.2 Å². The Bertz CT molecular complexity index is 355. The van der Waals surface area contributed by atoms with Gasteiger partial charge in [0.1, 0.15) is 5.76 Å². The molecule has 0 saturated carbocycles. The number of furan rings is 1. The van der Waals surface area contributed by atoms with Crippen LogP contribution < -0.4 is 5.73 Å². The molecule has 2 N–H and O–H groups in total. The summed E-state index contributed by atoms with van der Waals surface area (Å²) in [7, 11) is 1.70. The lowest BCUT2D eigenvalue weighted by Gasteiger charge is -2.24. The molecule has 1 amide bonds. The Balaban J connectivity index is 2.64. The number of likely N-dealkylation sites (N-methyl/N-ethyl adjacent to an activating group) is 1. The average molecular weight is 275 g/mol. The van der Waals surface area contributed by atoms with Gasteiger partial charge < -0.3 is 15.1 Å². The lowest BCUT2D eigenvalue weighted by Crippen LogP contribution is -2.49. The summed E-state index contributed by atoms with van der Waals surface area (Å²) in [6, 6.07) is 3.61. The van der Waals surface area contributed by atoms with Gasteiger partial charge in [-0.1, -0.05) is 0 Å². The van der Waals surface area contributed by atoms with Crippen molar-refractivity contribution < 1.29 is 9.21 Å². The number of nitrogens with two attached hydrogens (primary N) is 1. The summed E-state index contributed by atoms with van der Waals surface area (Å²) in [5.74, 6) is 0.608. The fraction of sp³-hybridized carbons (Fsp3) is 0.500. The van der Waals surface area contributed by atoms with Crippen LogP contribution >= 0.6 is 15.9 Å². The van der Waals surface area contributed by atoms with Crippen LogP contribution in [0, 0.1) is 0 Å². The van der Waals surface area contributed by atoms with E-state index < -0.39 is 5.54 Å². The number of amides is 1. The maximum absolute atomic E-state index is 11.7. The molecule has 1 aromatic heterocycles. The molecule has 0 radical (unpaired) electrons. The van der Waals surface area contributed by atoms with Gasteiger partial charge in [0, 0.05) is 7.05 Å². The lowest BCUT2D eigenvalue weighted by molar-refractivity contribution is -0.135. The molecule has 0 unspecified atom stereocenters. The highest BCUT2D eigenvalue weighted by atomic mass is 79.9. The van der Waals surface area contributed by atoms with Crippen LogP contribution in [0.15, 0.2) is 21.2 Å². The molecule has 0 aliphatic heterocycles. The molecule has 0 aromatic carbocycles. The molecule has 0 fully saturated rings. The van der Waals surface area contributed by atoms with Crippen molar-refractivity contribution in [3.05, 3.63) is 22.6 Å². The van der Waals surface area contributed by atoms with Crippen molar-refractivity contribution in [3.8, 4) is 0 Å². The van der Waals surface area contributed by atoms with Gasteiger partial charge in [0.25, 0.3) is 0 Å². The molecule has 15 heavy (non-hydrogen) atoms. The van der Waals surface area contributed by atoms with Crippen LogP contribution in [0.4, 0.5) is 0 Å². The first-order chi connectivity index (χ1) is 6.80. The van der Waals surface area contributed by atoms with E-state index in [0.717, 1.165) is 5.76 Å². The van der Waals surface area contributed by atoms with E-state index in [9.17, 15) is 4.79 Å². The highest BCUT2D eigenvalue weighted by molar-refractivity contribution is 9.10. The number of hydrogen-bond acceptors (Lipinski definition) is 3. The number of carbonyl (C=O) groups excluding carboxylic acids is 1. The first-order valence-electron chi connectivity index (χ1n) is 4.59. The van der Waals surface area contributed by atoms with Crippen LogP contribution in [-0.2, 0) is 11.3 Å². The van der Waals surface area contributed by atoms with Gasteiger partial charge >= 0.3 is 0 Å². The number of hydrogen-bond donors (Lipinski definition) is 1. The summed E-state index contributed by atoms with van der Waals surface area (Å²) in [6.07, 6.45) is 0. The van der Waals surface area contributed by atoms with E-state index in [-0.39, 0.29) is 5.91 Å². The molecule has 1 aromatic rings. The third kappa shape index (κ3) is 3.35. The van der Waals surface area contributed by atoms with E-state index in [2.05, 4.69) is 15.9 Å². The smallest absolute Gasteiger partial charge is 0.242 e. The Hall–Kier alpha value is -0.810. The molecule has 1 rings (SSSR count). The number of halogens is 1. The predicted molar refractivity (Wildman–Crippen MR) is 61.1 cm³/mol. The maximum atomic E-state index is 11.7. The second-order valence-electron chi connectivity index (χ2n) is 4.09. The van der Waals surface area contributed by atoms with Crippen molar-refractivity contribution >= 4 is 21.8 Å². The highest BCUT2D eigenvalue weighted by Crippen LogP contribution is 2.16. The van der Waals surface area contributed by atoms with Gasteiger partial charge in [-0.3, -0.25) is 4.79 Å². The largest absolute Gasteiger partial charge is 0.452 e. The zero-order valence-electron chi connectivity index (χ0n) is 9.08. The van der Waals surface area contributed by atoms with Gasteiger partial charge in [-0.25, -0.2) is 0 Å². The SMILES string of the molecule is CN(Cc1ccc(Br)o1)C(=O)C(C)(C)N. The molecule has 5 heteroatoms. The Morgan fingerprint density at radius 2 is 2.20 bits per heavy atom. The van der Waals surface area contributed by atoms with Gasteiger partial charge in [-0.2, -0.15) is 0 Å². The minimum atomic E-state index is -0.849. The van der Waals surface area contributed by atoms with Crippen molar-refractivity contribution in [1.29, 1.82) is 0 Å². The third-order valence-corrected chi connectivity index (χ3v) is 2.35. The molecule has 0 aliphatic carbocycles. The van der Waals surface area contributed by atoms with Crippen molar-refractivity contribution in [2.24, 2.45) is 5.73 Å². The molecular formula is C10H15BrN2O2. The van der Waals surface area contributed by atoms with Crippen molar-refractivity contribution in [2.75, 3.05) is 7.05 Å². The minimum absolute atomic E-state index is 0.116. The maximum Gasteiger partial charge on any atom is 0.242 e. The van der Waals surface area contributed by atoms with Crippen molar-refractivity contribution in [1.82, 2.24) is 4.90 Å². The van der Waals surface area contributed by atoms with Gasteiger partial charge in [0.05, 0.1) is 12.1 Å². The van der Waals surface area contributed by atoms with Gasteiger partial charge in [0.15, 0.2) is 4.67 Å². The van der Waals surface area contributed by atoms with Gasteiger partial charge in [-0.15, -0.1) is 0 Å². The van der Waals surface area contributed by atoms with Crippen LogP contribution in [0.2, 0.25) is 0 Å². The van der Waals surface area contributed by atoms with Crippen LogP contribution in [0.3, 0.4) is 0 Å². The van der Waals surface area contributed by atoms with E-state index in [1.807, 2.05) is 6.07 Å². The fourth-order valence-electron chi connectivity index (χ4n) is 1.23. The Kier molecular flexibility index (Phi) is 3.57. The summed E-state index contributed by atoms with van der Waals surface area (Å²) in [4.78, 5) is 13.3. The third-order valence-electron chi connectivity index (χ3n) is 1.92. The lowest BCUT2D eigenvalue weighted by atomic mass is 10.1. The Morgan fingerprint density at radius 3 is 2.60 bits per heavy atom. The van der Waals surface area contributed by atoms with E-state index in [1.54, 1.807) is 31.9 Å². The fourth-order valence-corrected chi connectivity index (χ4v) is 1.57. The summed E-state index contributed by atoms with van der Waals surface area (Å²) >= 11 is 3.20. The standard InChI is InChI=1S/C10H15BrN2O2/c1-10(2,12)9(14)13(3)6-7-4-5-8(11)15-7/h4-5H,6,12H2,1-3H3. The number of rotatable bonds is 3. The minimum Gasteiger partial charge on any atom is -0.452 e. The molecule has 0 aliphatic rings. The monoisotopic (exact) mass is 274 g/mol. The van der Waals surface area contributed by atoms with E-state index in [4.69, 9.17) is 10.2 Å². The number of nitrogens with zero attached hydrogens (tertiary/aromatic N) is 1. The van der Waals surface area contributed by atoms with Crippen LogP contribution in [0.25, 0.3) is 0 Å². The highest BCUT2D eigenvalue weighted by Gasteiger charge is 2.25. The molecule has 4 nitrogen and oxygen atoms in total. The van der Waals surface area contributed by atoms with Crippen LogP contribution in [0.1, 0.15) is 19.6 Å². The zero-order valence-corrected chi connectivity index (χ0v) is 10.7. The quantitative estimate of drug-likeness (QED) is 0.914. The zero-order chi connectivity index (χ0) is 11.6. The first-order valence-corrected chi connectivity index (χ1v) is 5.38. The predicted octanol–water partition coefficient (Wildman–Crippen LogP) is 1.74. The van der Waals surface area contributed by atoms with E-state index >= 15 is 0 Å². The Morgan fingerprint density at radius 1 is 1.60 bits per heavy atom. The molecule has 0 spiro atoms. The molecule has 0 atom stereocenters. The number of carbonyl (C=O) groups is 1. The molecular weight excluding hydrogens is 260 g/mol. The normalized spacial score (nSPS) is 11.5. The topological polar surface area (TPSA) is 59.5 Å². The molecule has 84 valence electrons. The average Bonchev–Trinajstić information content (AvgIpc) is 2.48. The van der Waals surface area contributed by atoms with E-state index in [1.165, 1.54) is 0 Å². The molecule has 0 saturated heterocycles.